The van der Waals surface area contributed by atoms with E-state index in [1.807, 2.05) is 11.3 Å². The van der Waals surface area contributed by atoms with Gasteiger partial charge in [-0.1, -0.05) is 25.5 Å². The zero-order valence-corrected chi connectivity index (χ0v) is 11.0. The van der Waals surface area contributed by atoms with Crippen molar-refractivity contribution in [3.8, 4) is 0 Å². The summed E-state index contributed by atoms with van der Waals surface area (Å²) in [5.41, 5.74) is 1.47. The van der Waals surface area contributed by atoms with E-state index in [1.165, 1.54) is 29.0 Å². The molecule has 0 amide bonds. The first kappa shape index (κ1) is 11.2. The Morgan fingerprint density at radius 1 is 1.41 bits per heavy atom. The third-order valence-electron chi connectivity index (χ3n) is 3.72. The van der Waals surface area contributed by atoms with Gasteiger partial charge in [-0.15, -0.1) is 11.3 Å². The van der Waals surface area contributed by atoms with Crippen molar-refractivity contribution >= 4 is 21.6 Å². The van der Waals surface area contributed by atoms with Crippen LogP contribution in [-0.2, 0) is 5.41 Å². The molecule has 0 saturated carbocycles. The van der Waals surface area contributed by atoms with Crippen molar-refractivity contribution in [2.24, 2.45) is 0 Å². The van der Waals surface area contributed by atoms with Gasteiger partial charge in [0.2, 0.25) is 0 Å². The molecule has 1 fully saturated rings. The summed E-state index contributed by atoms with van der Waals surface area (Å²) < 4.78 is 1.32. The summed E-state index contributed by atoms with van der Waals surface area (Å²) in [4.78, 5) is 4.86. The van der Waals surface area contributed by atoms with E-state index < -0.39 is 0 Å². The highest BCUT2D eigenvalue weighted by atomic mass is 32.1. The molecule has 1 aliphatic heterocycles. The molecule has 0 aliphatic carbocycles. The van der Waals surface area contributed by atoms with E-state index in [4.69, 9.17) is 4.98 Å². The van der Waals surface area contributed by atoms with Crippen LogP contribution < -0.4 is 5.32 Å². The molecule has 3 heteroatoms. The molecule has 1 N–H and O–H groups in total. The van der Waals surface area contributed by atoms with Crippen molar-refractivity contribution in [2.75, 3.05) is 13.1 Å². The van der Waals surface area contributed by atoms with Gasteiger partial charge in [-0.05, 0) is 31.5 Å². The standard InChI is InChI=1S/C14H18N2S/c1-2-7-14(8-9-15-10-14)13-16-11-5-3-4-6-12(11)17-13/h3-6,15H,2,7-10H2,1H3. The molecule has 1 unspecified atom stereocenters. The number of fused-ring (bicyclic) bond motifs is 1. The first-order chi connectivity index (χ1) is 8.34. The van der Waals surface area contributed by atoms with Crippen LogP contribution in [0.2, 0.25) is 0 Å². The highest BCUT2D eigenvalue weighted by molar-refractivity contribution is 7.18. The molecule has 2 nitrogen and oxygen atoms in total. The third-order valence-corrected chi connectivity index (χ3v) is 5.00. The van der Waals surface area contributed by atoms with E-state index in [0.717, 1.165) is 18.6 Å². The summed E-state index contributed by atoms with van der Waals surface area (Å²) in [6.07, 6.45) is 3.72. The van der Waals surface area contributed by atoms with Gasteiger partial charge < -0.3 is 5.32 Å². The third kappa shape index (κ3) is 1.87. The van der Waals surface area contributed by atoms with Crippen molar-refractivity contribution in [1.82, 2.24) is 10.3 Å². The van der Waals surface area contributed by atoms with E-state index in [0.29, 0.717) is 5.41 Å². The summed E-state index contributed by atoms with van der Waals surface area (Å²) in [6.45, 7) is 4.50. The fraction of sp³-hybridized carbons (Fsp3) is 0.500. The molecule has 2 aromatic rings. The summed E-state index contributed by atoms with van der Waals surface area (Å²) in [5.74, 6) is 0. The van der Waals surface area contributed by atoms with Crippen molar-refractivity contribution in [1.29, 1.82) is 0 Å². The maximum absolute atomic E-state index is 4.86. The minimum Gasteiger partial charge on any atom is -0.316 e. The summed E-state index contributed by atoms with van der Waals surface area (Å²) in [6, 6.07) is 8.48. The fourth-order valence-electron chi connectivity index (χ4n) is 2.82. The van der Waals surface area contributed by atoms with E-state index in [2.05, 4.69) is 36.5 Å². The Kier molecular flexibility index (Phi) is 2.89. The van der Waals surface area contributed by atoms with Gasteiger partial charge >= 0.3 is 0 Å². The van der Waals surface area contributed by atoms with Crippen LogP contribution in [0.4, 0.5) is 0 Å². The number of hydrogen-bond donors (Lipinski definition) is 1. The van der Waals surface area contributed by atoms with Crippen molar-refractivity contribution in [3.05, 3.63) is 29.3 Å². The quantitative estimate of drug-likeness (QED) is 0.898. The van der Waals surface area contributed by atoms with Crippen LogP contribution in [0.3, 0.4) is 0 Å². The number of nitrogens with one attached hydrogen (secondary N) is 1. The summed E-state index contributed by atoms with van der Waals surface area (Å²) in [7, 11) is 0. The lowest BCUT2D eigenvalue weighted by Crippen LogP contribution is -2.28. The predicted octanol–water partition coefficient (Wildman–Crippen LogP) is 3.33. The molecule has 1 aromatic carbocycles. The average molecular weight is 246 g/mol. The van der Waals surface area contributed by atoms with Crippen molar-refractivity contribution < 1.29 is 0 Å². The molecular weight excluding hydrogens is 228 g/mol. The van der Waals surface area contributed by atoms with E-state index in [-0.39, 0.29) is 0 Å². The molecule has 0 spiro atoms. The highest BCUT2D eigenvalue weighted by Crippen LogP contribution is 2.39. The number of nitrogens with zero attached hydrogens (tertiary/aromatic N) is 1. The summed E-state index contributed by atoms with van der Waals surface area (Å²) in [5, 5.41) is 4.85. The van der Waals surface area contributed by atoms with Gasteiger partial charge in [0.15, 0.2) is 0 Å². The number of rotatable bonds is 3. The predicted molar refractivity (Wildman–Crippen MR) is 73.7 cm³/mol. The molecule has 1 atom stereocenters. The number of thiazole rings is 1. The van der Waals surface area contributed by atoms with E-state index >= 15 is 0 Å². The van der Waals surface area contributed by atoms with Crippen LogP contribution in [0.25, 0.3) is 10.2 Å². The fourth-order valence-corrected chi connectivity index (χ4v) is 4.03. The Morgan fingerprint density at radius 2 is 2.29 bits per heavy atom. The minimum absolute atomic E-state index is 0.304. The Hall–Kier alpha value is -0.930. The molecule has 2 heterocycles. The van der Waals surface area contributed by atoms with Gasteiger partial charge in [0.1, 0.15) is 5.01 Å². The second-order valence-corrected chi connectivity index (χ2v) is 5.97. The zero-order chi connectivity index (χ0) is 11.7. The smallest absolute Gasteiger partial charge is 0.101 e. The number of hydrogen-bond acceptors (Lipinski definition) is 3. The molecule has 3 rings (SSSR count). The van der Waals surface area contributed by atoms with E-state index in [1.54, 1.807) is 0 Å². The largest absolute Gasteiger partial charge is 0.316 e. The Labute approximate surface area is 106 Å². The van der Waals surface area contributed by atoms with Crippen molar-refractivity contribution in [3.63, 3.8) is 0 Å². The molecule has 0 bridgehead atoms. The minimum atomic E-state index is 0.304. The Morgan fingerprint density at radius 3 is 3.00 bits per heavy atom. The SMILES string of the molecule is CCCC1(c2nc3ccccc3s2)CCNC1. The first-order valence-electron chi connectivity index (χ1n) is 6.41. The van der Waals surface area contributed by atoms with Gasteiger partial charge in [-0.2, -0.15) is 0 Å². The molecule has 1 aliphatic rings. The van der Waals surface area contributed by atoms with Crippen LogP contribution in [0.15, 0.2) is 24.3 Å². The highest BCUT2D eigenvalue weighted by Gasteiger charge is 2.37. The molecule has 17 heavy (non-hydrogen) atoms. The van der Waals surface area contributed by atoms with Crippen LogP contribution in [0.5, 0.6) is 0 Å². The molecule has 1 aromatic heterocycles. The van der Waals surface area contributed by atoms with Gasteiger partial charge in [0.05, 0.1) is 10.2 Å². The lowest BCUT2D eigenvalue weighted by atomic mass is 9.83. The number of benzene rings is 1. The maximum Gasteiger partial charge on any atom is 0.101 e. The summed E-state index contributed by atoms with van der Waals surface area (Å²) >= 11 is 1.88. The molecular formula is C14H18N2S. The normalized spacial score (nSPS) is 24.5. The molecule has 0 radical (unpaired) electrons. The second kappa shape index (κ2) is 4.39. The lowest BCUT2D eigenvalue weighted by Gasteiger charge is -2.24. The maximum atomic E-state index is 4.86. The zero-order valence-electron chi connectivity index (χ0n) is 10.2. The Bertz CT molecular complexity index is 479. The van der Waals surface area contributed by atoms with Crippen LogP contribution >= 0.6 is 11.3 Å². The Balaban J connectivity index is 2.05. The number of aromatic nitrogens is 1. The van der Waals surface area contributed by atoms with Gasteiger partial charge in [0.25, 0.3) is 0 Å². The molecule has 1 saturated heterocycles. The van der Waals surface area contributed by atoms with Gasteiger partial charge in [-0.25, -0.2) is 4.98 Å². The van der Waals surface area contributed by atoms with E-state index in [9.17, 15) is 0 Å². The lowest BCUT2D eigenvalue weighted by molar-refractivity contribution is 0.426. The second-order valence-electron chi connectivity index (χ2n) is 4.94. The topological polar surface area (TPSA) is 24.9 Å². The monoisotopic (exact) mass is 246 g/mol. The number of para-hydroxylation sites is 1. The van der Waals surface area contributed by atoms with Gasteiger partial charge in [-0.3, -0.25) is 0 Å². The molecule has 90 valence electrons. The van der Waals surface area contributed by atoms with Crippen LogP contribution in [0.1, 0.15) is 31.2 Å². The van der Waals surface area contributed by atoms with Crippen molar-refractivity contribution in [2.45, 2.75) is 31.6 Å². The van der Waals surface area contributed by atoms with Crippen LogP contribution in [0, 0.1) is 0 Å². The first-order valence-corrected chi connectivity index (χ1v) is 7.22. The van der Waals surface area contributed by atoms with Crippen LogP contribution in [-0.4, -0.2) is 18.1 Å². The van der Waals surface area contributed by atoms with Gasteiger partial charge in [0, 0.05) is 12.0 Å². The average Bonchev–Trinajstić information content (AvgIpc) is 2.95.